The third-order valence-electron chi connectivity index (χ3n) is 5.26. The summed E-state index contributed by atoms with van der Waals surface area (Å²) >= 11 is 5.68. The van der Waals surface area contributed by atoms with E-state index in [1.165, 1.54) is 34.7 Å². The first-order chi connectivity index (χ1) is 15.6. The Morgan fingerprint density at radius 3 is 2.64 bits per heavy atom. The van der Waals surface area contributed by atoms with Crippen LogP contribution in [0.25, 0.3) is 10.9 Å². The Balaban J connectivity index is 1.73. The van der Waals surface area contributed by atoms with Gasteiger partial charge >= 0.3 is 0 Å². The standard InChI is InChI=1S/C22H24ClF2N5O3/c1-3-13(20(25)12(2)23)9-27-18(31)10-29(15-5-6-15)19(32)11-30-17-8-14(24)4-7-16(17)21(28-30)22(26)33/h3-4,7-8,15H,5-6,9-11H2,1-2H3,(H2,26,33)(H,27,31)/b13-3-,20-12-. The fourth-order valence-electron chi connectivity index (χ4n) is 3.41. The molecule has 1 aromatic heterocycles. The van der Waals surface area contributed by atoms with Crippen LogP contribution in [-0.4, -0.2) is 51.5 Å². The van der Waals surface area contributed by atoms with Crippen LogP contribution in [0.1, 0.15) is 37.2 Å². The molecule has 2 aromatic rings. The summed E-state index contributed by atoms with van der Waals surface area (Å²) in [5.74, 6) is -2.86. The third-order valence-corrected chi connectivity index (χ3v) is 5.43. The number of carbonyl (C=O) groups excluding carboxylic acids is 3. The highest BCUT2D eigenvalue weighted by molar-refractivity contribution is 6.29. The maximum absolute atomic E-state index is 14.0. The summed E-state index contributed by atoms with van der Waals surface area (Å²) in [5, 5.41) is 6.98. The Morgan fingerprint density at radius 2 is 2.06 bits per heavy atom. The molecule has 1 aromatic carbocycles. The number of rotatable bonds is 9. The average Bonchev–Trinajstić information content (AvgIpc) is 3.54. The molecule has 11 heteroatoms. The van der Waals surface area contributed by atoms with Crippen molar-refractivity contribution in [3.05, 3.63) is 52.2 Å². The van der Waals surface area contributed by atoms with E-state index < -0.39 is 29.4 Å². The van der Waals surface area contributed by atoms with E-state index >= 15 is 0 Å². The van der Waals surface area contributed by atoms with Gasteiger partial charge in [-0.1, -0.05) is 17.7 Å². The number of hydrogen-bond donors (Lipinski definition) is 2. The van der Waals surface area contributed by atoms with Crippen LogP contribution in [0.4, 0.5) is 8.78 Å². The summed E-state index contributed by atoms with van der Waals surface area (Å²) in [5.41, 5.74) is 5.75. The number of hydrogen-bond acceptors (Lipinski definition) is 4. The van der Waals surface area contributed by atoms with E-state index in [1.54, 1.807) is 6.92 Å². The number of nitrogens with two attached hydrogens (primary N) is 1. The lowest BCUT2D eigenvalue weighted by Gasteiger charge is -2.22. The topological polar surface area (TPSA) is 110 Å². The highest BCUT2D eigenvalue weighted by atomic mass is 35.5. The van der Waals surface area contributed by atoms with Gasteiger partial charge in [0.05, 0.1) is 17.1 Å². The minimum atomic E-state index is -0.801. The lowest BCUT2D eigenvalue weighted by Crippen LogP contribution is -2.43. The first kappa shape index (κ1) is 24.4. The normalized spacial score (nSPS) is 14.8. The van der Waals surface area contributed by atoms with Gasteiger partial charge in [0, 0.05) is 23.5 Å². The second-order valence-electron chi connectivity index (χ2n) is 7.72. The van der Waals surface area contributed by atoms with Gasteiger partial charge in [0.1, 0.15) is 18.2 Å². The minimum Gasteiger partial charge on any atom is -0.364 e. The molecule has 33 heavy (non-hydrogen) atoms. The lowest BCUT2D eigenvalue weighted by molar-refractivity contribution is -0.137. The number of fused-ring (bicyclic) bond motifs is 1. The Kier molecular flexibility index (Phi) is 7.47. The Labute approximate surface area is 194 Å². The van der Waals surface area contributed by atoms with Crippen molar-refractivity contribution < 1.29 is 23.2 Å². The van der Waals surface area contributed by atoms with Gasteiger partial charge in [-0.05, 0) is 44.9 Å². The lowest BCUT2D eigenvalue weighted by atomic mass is 10.2. The predicted octanol–water partition coefficient (Wildman–Crippen LogP) is 2.77. The van der Waals surface area contributed by atoms with Crippen molar-refractivity contribution in [2.24, 2.45) is 5.73 Å². The molecule has 3 amide bonds. The van der Waals surface area contributed by atoms with Gasteiger partial charge < -0.3 is 16.0 Å². The summed E-state index contributed by atoms with van der Waals surface area (Å²) in [4.78, 5) is 38.6. The van der Waals surface area contributed by atoms with E-state index in [0.717, 1.165) is 18.9 Å². The number of benzene rings is 1. The van der Waals surface area contributed by atoms with Gasteiger partial charge in [-0.25, -0.2) is 8.78 Å². The van der Waals surface area contributed by atoms with E-state index in [9.17, 15) is 23.2 Å². The van der Waals surface area contributed by atoms with Gasteiger partial charge in [-0.3, -0.25) is 19.1 Å². The van der Waals surface area contributed by atoms with Gasteiger partial charge in [-0.2, -0.15) is 5.10 Å². The van der Waals surface area contributed by atoms with Crippen LogP contribution >= 0.6 is 11.6 Å². The zero-order valence-corrected chi connectivity index (χ0v) is 19.0. The van der Waals surface area contributed by atoms with E-state index in [1.807, 2.05) is 0 Å². The number of nitrogens with zero attached hydrogens (tertiary/aromatic N) is 3. The van der Waals surface area contributed by atoms with Crippen molar-refractivity contribution in [1.29, 1.82) is 0 Å². The quantitative estimate of drug-likeness (QED) is 0.539. The second-order valence-corrected chi connectivity index (χ2v) is 8.29. The van der Waals surface area contributed by atoms with Crippen LogP contribution < -0.4 is 11.1 Å². The van der Waals surface area contributed by atoms with Gasteiger partial charge in [0.25, 0.3) is 5.91 Å². The molecule has 1 saturated carbocycles. The number of carbonyl (C=O) groups is 3. The molecule has 8 nitrogen and oxygen atoms in total. The largest absolute Gasteiger partial charge is 0.364 e. The number of primary amides is 1. The predicted molar refractivity (Wildman–Crippen MR) is 119 cm³/mol. The fourth-order valence-corrected chi connectivity index (χ4v) is 3.53. The Hall–Kier alpha value is -3.27. The van der Waals surface area contributed by atoms with Crippen LogP contribution in [0, 0.1) is 5.82 Å². The van der Waals surface area contributed by atoms with E-state index in [0.29, 0.717) is 5.39 Å². The minimum absolute atomic E-state index is 0.0228. The molecule has 1 heterocycles. The molecule has 1 fully saturated rings. The van der Waals surface area contributed by atoms with Crippen molar-refractivity contribution >= 4 is 40.2 Å². The molecule has 3 rings (SSSR count). The average molecular weight is 480 g/mol. The molecule has 1 aliphatic carbocycles. The maximum Gasteiger partial charge on any atom is 0.269 e. The smallest absolute Gasteiger partial charge is 0.269 e. The summed E-state index contributed by atoms with van der Waals surface area (Å²) in [6.07, 6.45) is 2.98. The molecule has 1 aliphatic rings. The van der Waals surface area contributed by atoms with Crippen molar-refractivity contribution in [1.82, 2.24) is 20.0 Å². The molecule has 176 valence electrons. The molecule has 0 saturated heterocycles. The van der Waals surface area contributed by atoms with Gasteiger partial charge in [0.2, 0.25) is 11.8 Å². The summed E-state index contributed by atoms with van der Waals surface area (Å²) in [6, 6.07) is 3.60. The van der Waals surface area contributed by atoms with Gasteiger partial charge in [-0.15, -0.1) is 0 Å². The van der Waals surface area contributed by atoms with Gasteiger partial charge in [0.15, 0.2) is 5.69 Å². The van der Waals surface area contributed by atoms with Crippen LogP contribution in [0.2, 0.25) is 0 Å². The van der Waals surface area contributed by atoms with Crippen molar-refractivity contribution in [2.45, 2.75) is 39.3 Å². The first-order valence-corrected chi connectivity index (χ1v) is 10.7. The van der Waals surface area contributed by atoms with E-state index in [-0.39, 0.29) is 47.5 Å². The maximum atomic E-state index is 14.0. The zero-order valence-electron chi connectivity index (χ0n) is 18.2. The summed E-state index contributed by atoms with van der Waals surface area (Å²) < 4.78 is 29.0. The number of aromatic nitrogens is 2. The molecule has 3 N–H and O–H groups in total. The number of nitrogens with one attached hydrogen (secondary N) is 1. The molecular weight excluding hydrogens is 456 g/mol. The highest BCUT2D eigenvalue weighted by Crippen LogP contribution is 2.27. The third kappa shape index (κ3) is 5.75. The first-order valence-electron chi connectivity index (χ1n) is 10.3. The molecule has 0 aliphatic heterocycles. The van der Waals surface area contributed by atoms with E-state index in [4.69, 9.17) is 17.3 Å². The van der Waals surface area contributed by atoms with Crippen LogP contribution in [0.15, 0.2) is 40.7 Å². The van der Waals surface area contributed by atoms with E-state index in [2.05, 4.69) is 10.4 Å². The molecular formula is C22H24ClF2N5O3. The number of amides is 3. The molecule has 0 atom stereocenters. The fraction of sp³-hybridized carbons (Fsp3) is 0.364. The monoisotopic (exact) mass is 479 g/mol. The highest BCUT2D eigenvalue weighted by Gasteiger charge is 2.34. The molecule has 0 unspecified atom stereocenters. The summed E-state index contributed by atoms with van der Waals surface area (Å²) in [6.45, 7) is 2.41. The number of halogens is 3. The van der Waals surface area contributed by atoms with Crippen LogP contribution in [0.5, 0.6) is 0 Å². The second kappa shape index (κ2) is 10.1. The zero-order chi connectivity index (χ0) is 24.3. The van der Waals surface area contributed by atoms with Crippen molar-refractivity contribution in [3.63, 3.8) is 0 Å². The van der Waals surface area contributed by atoms with Crippen LogP contribution in [0.3, 0.4) is 0 Å². The number of allylic oxidation sites excluding steroid dienone is 2. The Morgan fingerprint density at radius 1 is 1.36 bits per heavy atom. The Bertz CT molecular complexity index is 1170. The van der Waals surface area contributed by atoms with Crippen molar-refractivity contribution in [2.75, 3.05) is 13.1 Å². The SMILES string of the molecule is C/C=C(CNC(=O)CN(C(=O)Cn1nc(C(N)=O)c2ccc(F)cc21)C1CC1)\C(F)=C(/C)Cl. The molecule has 0 bridgehead atoms. The summed E-state index contributed by atoms with van der Waals surface area (Å²) in [7, 11) is 0. The molecule has 0 radical (unpaired) electrons. The van der Waals surface area contributed by atoms with Crippen molar-refractivity contribution in [3.8, 4) is 0 Å². The molecule has 0 spiro atoms. The van der Waals surface area contributed by atoms with Crippen LogP contribution in [-0.2, 0) is 16.1 Å².